The van der Waals surface area contributed by atoms with Crippen LogP contribution in [0.1, 0.15) is 5.69 Å². The van der Waals surface area contributed by atoms with Crippen molar-refractivity contribution in [2.45, 2.75) is 6.42 Å². The van der Waals surface area contributed by atoms with Crippen LogP contribution in [0.3, 0.4) is 0 Å². The van der Waals surface area contributed by atoms with Crippen molar-refractivity contribution in [3.8, 4) is 0 Å². The number of piperazine rings is 1. The summed E-state index contributed by atoms with van der Waals surface area (Å²) >= 11 is 0. The van der Waals surface area contributed by atoms with E-state index in [1.807, 2.05) is 0 Å². The Hall–Kier alpha value is -2.44. The molecule has 0 aromatic carbocycles. The number of anilines is 1. The summed E-state index contributed by atoms with van der Waals surface area (Å²) in [6.45, 7) is -0.195. The summed E-state index contributed by atoms with van der Waals surface area (Å²) in [6, 6.07) is 3.28. The minimum Gasteiger partial charge on any atom is -0.397 e. The van der Waals surface area contributed by atoms with Crippen LogP contribution in [0.2, 0.25) is 0 Å². The van der Waals surface area contributed by atoms with Crippen molar-refractivity contribution in [2.75, 3.05) is 18.8 Å². The number of amides is 3. The van der Waals surface area contributed by atoms with Gasteiger partial charge < -0.3 is 10.6 Å². The van der Waals surface area contributed by atoms with Crippen LogP contribution in [-0.4, -0.2) is 40.7 Å². The number of imide groups is 1. The van der Waals surface area contributed by atoms with Crippen LogP contribution in [0.15, 0.2) is 18.3 Å². The molecule has 1 aliphatic heterocycles. The zero-order valence-electron chi connectivity index (χ0n) is 9.55. The van der Waals surface area contributed by atoms with E-state index in [9.17, 15) is 14.4 Å². The van der Waals surface area contributed by atoms with E-state index in [2.05, 4.69) is 10.3 Å². The predicted molar refractivity (Wildman–Crippen MR) is 62.1 cm³/mol. The number of nitrogen functional groups attached to an aromatic ring is 1. The van der Waals surface area contributed by atoms with Gasteiger partial charge in [0, 0.05) is 5.69 Å². The molecule has 0 unspecified atom stereocenters. The van der Waals surface area contributed by atoms with Gasteiger partial charge in [-0.15, -0.1) is 0 Å². The second-order valence-corrected chi connectivity index (χ2v) is 3.98. The summed E-state index contributed by atoms with van der Waals surface area (Å²) in [5.41, 5.74) is 6.54. The highest BCUT2D eigenvalue weighted by Crippen LogP contribution is 2.05. The number of nitrogens with one attached hydrogen (secondary N) is 1. The van der Waals surface area contributed by atoms with E-state index in [0.29, 0.717) is 11.4 Å². The topological polar surface area (TPSA) is 105 Å². The summed E-state index contributed by atoms with van der Waals surface area (Å²) in [7, 11) is 0. The van der Waals surface area contributed by atoms with Crippen LogP contribution in [0, 0.1) is 0 Å². The van der Waals surface area contributed by atoms with Crippen LogP contribution in [0.5, 0.6) is 0 Å². The van der Waals surface area contributed by atoms with Crippen LogP contribution >= 0.6 is 0 Å². The molecule has 2 heterocycles. The van der Waals surface area contributed by atoms with Gasteiger partial charge in [-0.05, 0) is 12.1 Å². The quantitative estimate of drug-likeness (QED) is 0.632. The predicted octanol–water partition coefficient (Wildman–Crippen LogP) is -1.31. The molecule has 0 aliphatic carbocycles. The van der Waals surface area contributed by atoms with Crippen molar-refractivity contribution in [3.05, 3.63) is 24.0 Å². The van der Waals surface area contributed by atoms with E-state index in [0.717, 1.165) is 0 Å². The lowest BCUT2D eigenvalue weighted by atomic mass is 10.2. The number of rotatable bonds is 2. The first kappa shape index (κ1) is 12.0. The minimum absolute atomic E-state index is 0.0425. The molecule has 0 spiro atoms. The second kappa shape index (κ2) is 4.82. The highest BCUT2D eigenvalue weighted by Gasteiger charge is 2.26. The Morgan fingerprint density at radius 3 is 2.56 bits per heavy atom. The highest BCUT2D eigenvalue weighted by molar-refractivity contribution is 6.02. The zero-order chi connectivity index (χ0) is 13.1. The molecule has 0 radical (unpaired) electrons. The molecule has 2 rings (SSSR count). The summed E-state index contributed by atoms with van der Waals surface area (Å²) < 4.78 is 0. The molecule has 7 heteroatoms. The lowest BCUT2D eigenvalue weighted by Crippen LogP contribution is -2.53. The molecule has 18 heavy (non-hydrogen) atoms. The molecule has 94 valence electrons. The smallest absolute Gasteiger partial charge is 0.246 e. The van der Waals surface area contributed by atoms with E-state index in [1.54, 1.807) is 12.1 Å². The van der Waals surface area contributed by atoms with Crippen LogP contribution < -0.4 is 11.1 Å². The van der Waals surface area contributed by atoms with Crippen molar-refractivity contribution in [2.24, 2.45) is 0 Å². The fourth-order valence-corrected chi connectivity index (χ4v) is 1.62. The van der Waals surface area contributed by atoms with E-state index in [-0.39, 0.29) is 25.4 Å². The Bertz CT molecular complexity index is 482. The standard InChI is InChI=1S/C11H12N4O3/c12-7-1-2-8(13-4-7)3-11(18)15-5-9(16)14-10(17)6-15/h1-2,4H,3,5-6,12H2,(H,14,16,17). The fourth-order valence-electron chi connectivity index (χ4n) is 1.62. The van der Waals surface area contributed by atoms with Crippen LogP contribution in [0.25, 0.3) is 0 Å². The van der Waals surface area contributed by atoms with Gasteiger partial charge in [0.2, 0.25) is 17.7 Å². The molecule has 1 fully saturated rings. The number of carbonyl (C=O) groups excluding carboxylic acids is 3. The highest BCUT2D eigenvalue weighted by atomic mass is 16.2. The van der Waals surface area contributed by atoms with Gasteiger partial charge in [0.25, 0.3) is 0 Å². The van der Waals surface area contributed by atoms with Gasteiger partial charge in [-0.25, -0.2) is 0 Å². The first-order valence-electron chi connectivity index (χ1n) is 5.35. The lowest BCUT2D eigenvalue weighted by Gasteiger charge is -2.25. The molecule has 1 aromatic rings. The van der Waals surface area contributed by atoms with Gasteiger partial charge in [0.1, 0.15) is 13.1 Å². The second-order valence-electron chi connectivity index (χ2n) is 3.98. The maximum absolute atomic E-state index is 11.9. The molecule has 0 bridgehead atoms. The van der Waals surface area contributed by atoms with Crippen molar-refractivity contribution < 1.29 is 14.4 Å². The third-order valence-electron chi connectivity index (χ3n) is 2.48. The Morgan fingerprint density at radius 1 is 1.33 bits per heavy atom. The van der Waals surface area contributed by atoms with Crippen molar-refractivity contribution in [1.82, 2.24) is 15.2 Å². The first-order chi connectivity index (χ1) is 8.54. The maximum atomic E-state index is 11.9. The van der Waals surface area contributed by atoms with Gasteiger partial charge in [0.15, 0.2) is 0 Å². The van der Waals surface area contributed by atoms with Crippen molar-refractivity contribution in [3.63, 3.8) is 0 Å². The number of pyridine rings is 1. The molecular weight excluding hydrogens is 236 g/mol. The Morgan fingerprint density at radius 2 is 2.00 bits per heavy atom. The van der Waals surface area contributed by atoms with E-state index in [4.69, 9.17) is 5.73 Å². The minimum atomic E-state index is -0.468. The monoisotopic (exact) mass is 248 g/mol. The van der Waals surface area contributed by atoms with E-state index in [1.165, 1.54) is 11.1 Å². The molecule has 0 saturated carbocycles. The number of aromatic nitrogens is 1. The lowest BCUT2D eigenvalue weighted by molar-refractivity contribution is -0.145. The molecule has 0 atom stereocenters. The third-order valence-corrected chi connectivity index (χ3v) is 2.48. The van der Waals surface area contributed by atoms with E-state index < -0.39 is 11.8 Å². The average molecular weight is 248 g/mol. The van der Waals surface area contributed by atoms with Gasteiger partial charge >= 0.3 is 0 Å². The normalized spacial score (nSPS) is 15.4. The number of hydrogen-bond donors (Lipinski definition) is 2. The van der Waals surface area contributed by atoms with Gasteiger partial charge in [0.05, 0.1) is 18.3 Å². The van der Waals surface area contributed by atoms with Crippen molar-refractivity contribution >= 4 is 23.4 Å². The number of carbonyl (C=O) groups is 3. The summed E-state index contributed by atoms with van der Waals surface area (Å²) in [4.78, 5) is 39.3. The Labute approximate surface area is 103 Å². The van der Waals surface area contributed by atoms with Gasteiger partial charge in [-0.1, -0.05) is 0 Å². The number of hydrogen-bond acceptors (Lipinski definition) is 5. The molecule has 1 saturated heterocycles. The van der Waals surface area contributed by atoms with Crippen LogP contribution in [0.4, 0.5) is 5.69 Å². The molecule has 3 N–H and O–H groups in total. The number of nitrogens with two attached hydrogens (primary N) is 1. The molecular formula is C11H12N4O3. The van der Waals surface area contributed by atoms with E-state index >= 15 is 0 Å². The van der Waals surface area contributed by atoms with Crippen LogP contribution in [-0.2, 0) is 20.8 Å². The SMILES string of the molecule is Nc1ccc(CC(=O)N2CC(=O)NC(=O)C2)nc1. The Kier molecular flexibility index (Phi) is 3.22. The maximum Gasteiger partial charge on any atom is 0.246 e. The molecule has 1 aliphatic rings. The van der Waals surface area contributed by atoms with Gasteiger partial charge in [-0.3, -0.25) is 24.7 Å². The molecule has 7 nitrogen and oxygen atoms in total. The summed E-state index contributed by atoms with van der Waals surface area (Å²) in [5, 5.41) is 2.13. The zero-order valence-corrected chi connectivity index (χ0v) is 9.55. The largest absolute Gasteiger partial charge is 0.397 e. The number of nitrogens with zero attached hydrogens (tertiary/aromatic N) is 2. The average Bonchev–Trinajstić information content (AvgIpc) is 2.31. The fraction of sp³-hybridized carbons (Fsp3) is 0.273. The molecule has 1 aromatic heterocycles. The van der Waals surface area contributed by atoms with Gasteiger partial charge in [-0.2, -0.15) is 0 Å². The van der Waals surface area contributed by atoms with Crippen molar-refractivity contribution in [1.29, 1.82) is 0 Å². The third kappa shape index (κ3) is 2.82. The summed E-state index contributed by atoms with van der Waals surface area (Å²) in [5.74, 6) is -1.25. The Balaban J connectivity index is 2.01. The molecule has 3 amide bonds. The summed E-state index contributed by atoms with van der Waals surface area (Å²) in [6.07, 6.45) is 1.50. The first-order valence-corrected chi connectivity index (χ1v) is 5.35.